The average molecular weight is 551 g/mol. The van der Waals surface area contributed by atoms with Crippen LogP contribution in [0.3, 0.4) is 0 Å². The number of H-pyrrole nitrogens is 1. The van der Waals surface area contributed by atoms with Crippen LogP contribution in [0.15, 0.2) is 65.7 Å². The second kappa shape index (κ2) is 12.1. The summed E-state index contributed by atoms with van der Waals surface area (Å²) in [7, 11) is 0. The zero-order valence-corrected chi connectivity index (χ0v) is 19.7. The van der Waals surface area contributed by atoms with Crippen LogP contribution in [0, 0.1) is 43.5 Å². The third kappa shape index (κ3) is 7.20. The number of nitro groups is 2. The SMILES string of the molecule is O=[N+]([O-])c1cc(Cc2ccc(F)c(F)c2)cnc1Cl.O=c1[nH]cc(Cc2ccc(F)c(F)c2)cc1[N+](=O)[O-]. The van der Waals surface area contributed by atoms with Gasteiger partial charge in [0.2, 0.25) is 5.15 Å². The van der Waals surface area contributed by atoms with Gasteiger partial charge in [0.1, 0.15) is 0 Å². The molecule has 0 aliphatic carbocycles. The fourth-order valence-corrected chi connectivity index (χ4v) is 3.40. The minimum absolute atomic E-state index is 0.148. The molecule has 196 valence electrons. The Hall–Kier alpha value is -4.65. The molecule has 0 atom stereocenters. The number of aromatic amines is 1. The van der Waals surface area contributed by atoms with Crippen LogP contribution in [0.25, 0.3) is 0 Å². The molecule has 0 fully saturated rings. The van der Waals surface area contributed by atoms with Crippen LogP contribution in [0.1, 0.15) is 22.3 Å². The molecule has 0 bridgehead atoms. The first kappa shape index (κ1) is 27.9. The first-order valence-corrected chi connectivity index (χ1v) is 10.8. The Balaban J connectivity index is 0.000000211. The van der Waals surface area contributed by atoms with Gasteiger partial charge in [-0.25, -0.2) is 22.5 Å². The summed E-state index contributed by atoms with van der Waals surface area (Å²) >= 11 is 5.58. The Morgan fingerprint density at radius 1 is 0.737 bits per heavy atom. The van der Waals surface area contributed by atoms with E-state index in [2.05, 4.69) is 9.97 Å². The number of nitrogens with zero attached hydrogens (tertiary/aromatic N) is 3. The number of aromatic nitrogens is 2. The van der Waals surface area contributed by atoms with Gasteiger partial charge in [-0.1, -0.05) is 23.7 Å². The molecule has 0 saturated carbocycles. The van der Waals surface area contributed by atoms with Crippen molar-refractivity contribution in [2.45, 2.75) is 12.8 Å². The summed E-state index contributed by atoms with van der Waals surface area (Å²) in [6.45, 7) is 0. The molecule has 2 aromatic heterocycles. The highest BCUT2D eigenvalue weighted by Gasteiger charge is 2.15. The summed E-state index contributed by atoms with van der Waals surface area (Å²) in [5.74, 6) is -3.86. The summed E-state index contributed by atoms with van der Waals surface area (Å²) in [6.07, 6.45) is 3.00. The lowest BCUT2D eigenvalue weighted by Gasteiger charge is -2.03. The Kier molecular flexibility index (Phi) is 8.86. The highest BCUT2D eigenvalue weighted by Crippen LogP contribution is 2.24. The molecule has 0 saturated heterocycles. The summed E-state index contributed by atoms with van der Waals surface area (Å²) < 4.78 is 51.6. The fourth-order valence-electron chi connectivity index (χ4n) is 3.23. The minimum atomic E-state index is -0.989. The van der Waals surface area contributed by atoms with Gasteiger partial charge in [0, 0.05) is 24.5 Å². The van der Waals surface area contributed by atoms with E-state index in [1.807, 2.05) is 0 Å². The molecule has 4 aromatic rings. The Bertz CT molecular complexity index is 1580. The van der Waals surface area contributed by atoms with Crippen molar-refractivity contribution in [2.75, 3.05) is 0 Å². The number of hydrogen-bond acceptors (Lipinski definition) is 6. The molecular formula is C24H15ClF4N4O5. The van der Waals surface area contributed by atoms with Crippen LogP contribution in [-0.4, -0.2) is 19.8 Å². The van der Waals surface area contributed by atoms with E-state index in [0.717, 1.165) is 30.3 Å². The Morgan fingerprint density at radius 3 is 1.74 bits per heavy atom. The lowest BCUT2D eigenvalue weighted by molar-refractivity contribution is -0.386. The molecule has 0 aliphatic rings. The van der Waals surface area contributed by atoms with Crippen LogP contribution < -0.4 is 5.56 Å². The van der Waals surface area contributed by atoms with Gasteiger partial charge in [-0.2, -0.15) is 0 Å². The molecule has 9 nitrogen and oxygen atoms in total. The van der Waals surface area contributed by atoms with Crippen molar-refractivity contribution in [3.05, 3.63) is 142 Å². The van der Waals surface area contributed by atoms with Gasteiger partial charge in [0.05, 0.1) is 9.85 Å². The highest BCUT2D eigenvalue weighted by molar-refractivity contribution is 6.31. The molecule has 2 heterocycles. The van der Waals surface area contributed by atoms with Crippen molar-refractivity contribution in [3.63, 3.8) is 0 Å². The summed E-state index contributed by atoms with van der Waals surface area (Å²) in [6, 6.07) is 9.17. The monoisotopic (exact) mass is 550 g/mol. The van der Waals surface area contributed by atoms with Crippen molar-refractivity contribution in [2.24, 2.45) is 0 Å². The molecule has 4 rings (SSSR count). The molecule has 0 amide bonds. The van der Waals surface area contributed by atoms with Gasteiger partial charge in [-0.15, -0.1) is 0 Å². The molecule has 38 heavy (non-hydrogen) atoms. The second-order valence-electron chi connectivity index (χ2n) is 7.74. The van der Waals surface area contributed by atoms with Gasteiger partial charge in [0.25, 0.3) is 0 Å². The van der Waals surface area contributed by atoms with Gasteiger partial charge in [-0.05, 0) is 59.4 Å². The van der Waals surface area contributed by atoms with E-state index >= 15 is 0 Å². The van der Waals surface area contributed by atoms with E-state index in [9.17, 15) is 42.6 Å². The van der Waals surface area contributed by atoms with Crippen LogP contribution in [0.2, 0.25) is 5.15 Å². The van der Waals surface area contributed by atoms with Gasteiger partial charge in [-0.3, -0.25) is 25.0 Å². The van der Waals surface area contributed by atoms with Crippen molar-refractivity contribution in [1.82, 2.24) is 9.97 Å². The summed E-state index contributed by atoms with van der Waals surface area (Å²) in [5.41, 5.74) is 0.137. The van der Waals surface area contributed by atoms with E-state index in [1.165, 1.54) is 30.6 Å². The summed E-state index contributed by atoms with van der Waals surface area (Å²) in [5, 5.41) is 21.1. The quantitative estimate of drug-likeness (QED) is 0.142. The molecule has 0 radical (unpaired) electrons. The van der Waals surface area contributed by atoms with Gasteiger partial charge in [0.15, 0.2) is 23.3 Å². The van der Waals surface area contributed by atoms with Crippen LogP contribution in [0.5, 0.6) is 0 Å². The lowest BCUT2D eigenvalue weighted by Crippen LogP contribution is -2.11. The van der Waals surface area contributed by atoms with Crippen LogP contribution in [-0.2, 0) is 12.8 Å². The smallest absolute Gasteiger partial charge is 0.323 e. The molecule has 2 aromatic carbocycles. The minimum Gasteiger partial charge on any atom is -0.323 e. The molecule has 0 spiro atoms. The fraction of sp³-hybridized carbons (Fsp3) is 0.0833. The zero-order valence-electron chi connectivity index (χ0n) is 19.0. The predicted molar refractivity (Wildman–Crippen MR) is 128 cm³/mol. The summed E-state index contributed by atoms with van der Waals surface area (Å²) in [4.78, 5) is 36.9. The van der Waals surface area contributed by atoms with Crippen LogP contribution >= 0.6 is 11.6 Å². The molecular weight excluding hydrogens is 536 g/mol. The largest absolute Gasteiger partial charge is 0.334 e. The van der Waals surface area contributed by atoms with Gasteiger partial charge >= 0.3 is 16.9 Å². The Morgan fingerprint density at radius 2 is 1.24 bits per heavy atom. The van der Waals surface area contributed by atoms with E-state index < -0.39 is 44.4 Å². The zero-order chi connectivity index (χ0) is 28.0. The third-order valence-electron chi connectivity index (χ3n) is 5.00. The molecule has 1 N–H and O–H groups in total. The molecule has 0 unspecified atom stereocenters. The second-order valence-corrected chi connectivity index (χ2v) is 8.10. The number of benzene rings is 2. The highest BCUT2D eigenvalue weighted by atomic mass is 35.5. The van der Waals surface area contributed by atoms with Crippen molar-refractivity contribution in [3.8, 4) is 0 Å². The topological polar surface area (TPSA) is 132 Å². The first-order valence-electron chi connectivity index (χ1n) is 10.5. The van der Waals surface area contributed by atoms with Crippen LogP contribution in [0.4, 0.5) is 28.9 Å². The number of rotatable bonds is 6. The Labute approximate surface area is 215 Å². The maximum absolute atomic E-state index is 13.0. The molecule has 14 heteroatoms. The number of nitrogens with one attached hydrogen (secondary N) is 1. The normalized spacial score (nSPS) is 10.4. The van der Waals surface area contributed by atoms with E-state index in [4.69, 9.17) is 11.6 Å². The first-order chi connectivity index (χ1) is 17.9. The predicted octanol–water partition coefficient (Wildman–Crippen LogP) is 5.66. The lowest BCUT2D eigenvalue weighted by atomic mass is 10.1. The molecule has 0 aliphatic heterocycles. The average Bonchev–Trinajstić information content (AvgIpc) is 2.86. The third-order valence-corrected chi connectivity index (χ3v) is 5.29. The van der Waals surface area contributed by atoms with E-state index in [-0.39, 0.29) is 23.7 Å². The van der Waals surface area contributed by atoms with Gasteiger partial charge < -0.3 is 4.98 Å². The maximum Gasteiger partial charge on any atom is 0.334 e. The number of pyridine rings is 2. The number of halogens is 5. The van der Waals surface area contributed by atoms with E-state index in [1.54, 1.807) is 0 Å². The van der Waals surface area contributed by atoms with Crippen molar-refractivity contribution in [1.29, 1.82) is 0 Å². The number of hydrogen-bond donors (Lipinski definition) is 1. The van der Waals surface area contributed by atoms with E-state index in [0.29, 0.717) is 22.3 Å². The van der Waals surface area contributed by atoms with Crippen molar-refractivity contribution < 1.29 is 27.4 Å². The van der Waals surface area contributed by atoms with Crippen molar-refractivity contribution >= 4 is 23.0 Å². The standard InChI is InChI=1S/C12H7ClF2N2O2.C12H8F2N2O3/c13-12-11(17(18)19)5-8(6-16-12)3-7-1-2-9(14)10(15)4-7;13-9-2-1-7(4-10(9)14)3-8-5-11(16(18)19)12(17)15-6-8/h1-2,4-6H,3H2;1-2,4-6H,3H2,(H,15,17). The maximum atomic E-state index is 13.0.